The number of likely N-dealkylation sites (N-methyl/N-ethyl adjacent to an activating group) is 1. The first kappa shape index (κ1) is 30.0. The van der Waals surface area contributed by atoms with Gasteiger partial charge in [0.25, 0.3) is 0 Å². The number of rotatable bonds is 23. The number of quaternary nitrogens is 1. The molecule has 0 aromatic heterocycles. The van der Waals surface area contributed by atoms with Crippen molar-refractivity contribution in [2.24, 2.45) is 0 Å². The van der Waals surface area contributed by atoms with Crippen molar-refractivity contribution >= 4 is 7.82 Å². The Morgan fingerprint density at radius 2 is 1.07 bits per heavy atom. The van der Waals surface area contributed by atoms with Gasteiger partial charge in [-0.25, -0.2) is 4.57 Å². The molecule has 0 aliphatic heterocycles. The van der Waals surface area contributed by atoms with E-state index < -0.39 is 7.82 Å². The van der Waals surface area contributed by atoms with Crippen LogP contribution in [0.3, 0.4) is 0 Å². The third-order valence-corrected chi connectivity index (χ3v) is 5.78. The van der Waals surface area contributed by atoms with E-state index >= 15 is 0 Å². The summed E-state index contributed by atoms with van der Waals surface area (Å²) in [6.45, 7) is 5.08. The quantitative estimate of drug-likeness (QED) is 0.130. The van der Waals surface area contributed by atoms with Crippen LogP contribution in [0.2, 0.25) is 0 Å². The lowest BCUT2D eigenvalue weighted by Gasteiger charge is -2.24. The molecule has 0 fully saturated rings. The van der Waals surface area contributed by atoms with E-state index in [-0.39, 0.29) is 19.8 Å². The maximum Gasteiger partial charge on any atom is 0.472 e. The van der Waals surface area contributed by atoms with Gasteiger partial charge in [-0.05, 0) is 6.42 Å². The van der Waals surface area contributed by atoms with Crippen LogP contribution < -0.4 is 0 Å². The molecule has 0 heterocycles. The van der Waals surface area contributed by atoms with Crippen molar-refractivity contribution in [2.75, 3.05) is 67.3 Å². The van der Waals surface area contributed by atoms with Crippen LogP contribution in [-0.4, -0.2) is 76.7 Å². The SMILES string of the molecule is CCCCCCCCCCCCCOCCOCCOP(=O)(O)OCC[N+](C)(C)C. The number of ether oxygens (including phenoxy) is 2. The lowest BCUT2D eigenvalue weighted by Crippen LogP contribution is -2.37. The Kier molecular flexibility index (Phi) is 19.7. The molecule has 7 nitrogen and oxygen atoms in total. The molecule has 1 atom stereocenters. The highest BCUT2D eigenvalue weighted by Crippen LogP contribution is 2.42. The highest BCUT2D eigenvalue weighted by molar-refractivity contribution is 7.47. The van der Waals surface area contributed by atoms with Crippen molar-refractivity contribution in [3.8, 4) is 0 Å². The molecule has 0 radical (unpaired) electrons. The molecule has 0 saturated heterocycles. The zero-order valence-electron chi connectivity index (χ0n) is 20.1. The van der Waals surface area contributed by atoms with Gasteiger partial charge in [-0.2, -0.15) is 0 Å². The Labute approximate surface area is 185 Å². The van der Waals surface area contributed by atoms with Crippen LogP contribution >= 0.6 is 7.82 Å². The Bertz CT molecular complexity index is 417. The summed E-state index contributed by atoms with van der Waals surface area (Å²) in [5.74, 6) is 0. The van der Waals surface area contributed by atoms with E-state index in [1.54, 1.807) is 0 Å². The van der Waals surface area contributed by atoms with Gasteiger partial charge in [0.15, 0.2) is 0 Å². The van der Waals surface area contributed by atoms with Crippen LogP contribution in [-0.2, 0) is 23.1 Å². The van der Waals surface area contributed by atoms with Gasteiger partial charge in [0.05, 0.1) is 47.6 Å². The summed E-state index contributed by atoms with van der Waals surface area (Å²) in [7, 11) is 1.97. The van der Waals surface area contributed by atoms with E-state index in [0.717, 1.165) is 13.0 Å². The Hall–Kier alpha value is -0.0100. The van der Waals surface area contributed by atoms with Crippen LogP contribution in [0, 0.1) is 0 Å². The Morgan fingerprint density at radius 3 is 1.60 bits per heavy atom. The molecule has 0 rings (SSSR count). The molecule has 0 bridgehead atoms. The van der Waals surface area contributed by atoms with E-state index in [2.05, 4.69) is 6.92 Å². The van der Waals surface area contributed by atoms with Crippen molar-refractivity contribution < 1.29 is 32.5 Å². The fraction of sp³-hybridized carbons (Fsp3) is 1.00. The fourth-order valence-corrected chi connectivity index (χ4v) is 3.56. The molecular formula is C22H49NO6P+. The van der Waals surface area contributed by atoms with Crippen molar-refractivity contribution in [3.63, 3.8) is 0 Å². The summed E-state index contributed by atoms with van der Waals surface area (Å²) >= 11 is 0. The number of hydrogen-bond acceptors (Lipinski definition) is 5. The standard InChI is InChI=1S/C22H48NO6P/c1-5-6-7-8-9-10-11-12-13-14-15-17-26-19-20-27-21-22-29-30(24,25)28-18-16-23(2,3)4/h5-22H2,1-4H3/p+1. The smallest absolute Gasteiger partial charge is 0.379 e. The van der Waals surface area contributed by atoms with Crippen molar-refractivity contribution in [2.45, 2.75) is 77.6 Å². The molecule has 0 aliphatic carbocycles. The topological polar surface area (TPSA) is 74.2 Å². The van der Waals surface area contributed by atoms with Crippen LogP contribution in [0.5, 0.6) is 0 Å². The molecule has 182 valence electrons. The van der Waals surface area contributed by atoms with E-state index in [0.29, 0.717) is 24.2 Å². The van der Waals surface area contributed by atoms with Gasteiger partial charge >= 0.3 is 7.82 Å². The third-order valence-electron chi connectivity index (χ3n) is 4.76. The highest BCUT2D eigenvalue weighted by Gasteiger charge is 2.22. The van der Waals surface area contributed by atoms with E-state index in [4.69, 9.17) is 18.5 Å². The van der Waals surface area contributed by atoms with Gasteiger partial charge in [0, 0.05) is 6.61 Å². The molecule has 0 aliphatic rings. The molecule has 1 N–H and O–H groups in total. The summed E-state index contributed by atoms with van der Waals surface area (Å²) in [6, 6.07) is 0. The molecule has 30 heavy (non-hydrogen) atoms. The minimum atomic E-state index is -3.99. The van der Waals surface area contributed by atoms with Crippen LogP contribution in [0.15, 0.2) is 0 Å². The molecule has 0 spiro atoms. The summed E-state index contributed by atoms with van der Waals surface area (Å²) in [6.07, 6.45) is 14.6. The lowest BCUT2D eigenvalue weighted by atomic mass is 10.1. The molecular weight excluding hydrogens is 405 g/mol. The van der Waals surface area contributed by atoms with Crippen LogP contribution in [0.4, 0.5) is 0 Å². The monoisotopic (exact) mass is 454 g/mol. The number of phosphoric acid groups is 1. The van der Waals surface area contributed by atoms with Gasteiger partial charge in [-0.3, -0.25) is 9.05 Å². The maximum atomic E-state index is 11.7. The van der Waals surface area contributed by atoms with Gasteiger partial charge in [-0.1, -0.05) is 71.1 Å². The molecule has 1 unspecified atom stereocenters. The summed E-state index contributed by atoms with van der Waals surface area (Å²) in [4.78, 5) is 9.57. The van der Waals surface area contributed by atoms with Gasteiger partial charge in [0.2, 0.25) is 0 Å². The number of nitrogens with zero attached hydrogens (tertiary/aromatic N) is 1. The van der Waals surface area contributed by atoms with Crippen LogP contribution in [0.1, 0.15) is 77.6 Å². The Balaban J connectivity index is 3.26. The molecule has 0 amide bonds. The van der Waals surface area contributed by atoms with Crippen molar-refractivity contribution in [3.05, 3.63) is 0 Å². The lowest BCUT2D eigenvalue weighted by molar-refractivity contribution is -0.870. The second-order valence-corrected chi connectivity index (χ2v) is 10.4. The summed E-state index contributed by atoms with van der Waals surface area (Å²) < 4.78 is 33.1. The van der Waals surface area contributed by atoms with Crippen LogP contribution in [0.25, 0.3) is 0 Å². The average Bonchev–Trinajstić information content (AvgIpc) is 2.65. The molecule has 0 aromatic carbocycles. The molecule has 0 saturated carbocycles. The number of phosphoric ester groups is 1. The number of unbranched alkanes of at least 4 members (excludes halogenated alkanes) is 10. The second kappa shape index (κ2) is 19.7. The highest BCUT2D eigenvalue weighted by atomic mass is 31.2. The van der Waals surface area contributed by atoms with Gasteiger partial charge in [0.1, 0.15) is 13.2 Å². The number of hydrogen-bond donors (Lipinski definition) is 1. The van der Waals surface area contributed by atoms with Crippen molar-refractivity contribution in [1.29, 1.82) is 0 Å². The summed E-state index contributed by atoms with van der Waals surface area (Å²) in [5, 5.41) is 0. The fourth-order valence-electron chi connectivity index (χ4n) is 2.87. The van der Waals surface area contributed by atoms with Crippen molar-refractivity contribution in [1.82, 2.24) is 0 Å². The minimum Gasteiger partial charge on any atom is -0.379 e. The predicted molar refractivity (Wildman–Crippen MR) is 123 cm³/mol. The normalized spacial score (nSPS) is 14.2. The van der Waals surface area contributed by atoms with E-state index in [1.807, 2.05) is 21.1 Å². The summed E-state index contributed by atoms with van der Waals surface area (Å²) in [5.41, 5.74) is 0. The zero-order valence-corrected chi connectivity index (χ0v) is 21.0. The third kappa shape index (κ3) is 24.3. The molecule has 0 aromatic rings. The largest absolute Gasteiger partial charge is 0.472 e. The predicted octanol–water partition coefficient (Wildman–Crippen LogP) is 5.17. The minimum absolute atomic E-state index is 0.0246. The van der Waals surface area contributed by atoms with Gasteiger partial charge < -0.3 is 18.9 Å². The first-order valence-electron chi connectivity index (χ1n) is 11.8. The second-order valence-electron chi connectivity index (χ2n) is 8.91. The average molecular weight is 455 g/mol. The van der Waals surface area contributed by atoms with E-state index in [9.17, 15) is 9.46 Å². The van der Waals surface area contributed by atoms with E-state index in [1.165, 1.54) is 64.2 Å². The van der Waals surface area contributed by atoms with Gasteiger partial charge in [-0.15, -0.1) is 0 Å². The first-order valence-corrected chi connectivity index (χ1v) is 13.3. The maximum absolute atomic E-state index is 11.7. The Morgan fingerprint density at radius 1 is 0.633 bits per heavy atom. The molecule has 8 heteroatoms. The first-order chi connectivity index (χ1) is 14.3. The zero-order chi connectivity index (χ0) is 22.6.